The van der Waals surface area contributed by atoms with Crippen molar-refractivity contribution in [2.75, 3.05) is 11.4 Å². The minimum atomic E-state index is -0.168. The first kappa shape index (κ1) is 11.7. The fourth-order valence-electron chi connectivity index (χ4n) is 1.86. The van der Waals surface area contributed by atoms with Crippen LogP contribution in [-0.2, 0) is 4.79 Å². The number of carbonyl (C=O) groups excluding carboxylic acids is 2. The number of amides is 1. The van der Waals surface area contributed by atoms with Crippen LogP contribution in [0.3, 0.4) is 0 Å². The maximum atomic E-state index is 11.6. The third kappa shape index (κ3) is 2.16. The molecule has 1 saturated heterocycles. The number of nitrogens with zero attached hydrogens (tertiary/aromatic N) is 3. The molecule has 1 aromatic rings. The lowest BCUT2D eigenvalue weighted by molar-refractivity contribution is -0.117. The van der Waals surface area contributed by atoms with Gasteiger partial charge in [-0.1, -0.05) is 0 Å². The van der Waals surface area contributed by atoms with Gasteiger partial charge in [0.1, 0.15) is 0 Å². The highest BCUT2D eigenvalue weighted by atomic mass is 16.2. The molecule has 0 bridgehead atoms. The van der Waals surface area contributed by atoms with Crippen LogP contribution in [0.15, 0.2) is 6.20 Å². The highest BCUT2D eigenvalue weighted by Crippen LogP contribution is 2.17. The predicted molar refractivity (Wildman–Crippen MR) is 61.7 cm³/mol. The van der Waals surface area contributed by atoms with E-state index >= 15 is 0 Å². The van der Waals surface area contributed by atoms with Gasteiger partial charge >= 0.3 is 0 Å². The van der Waals surface area contributed by atoms with Crippen LogP contribution in [0.1, 0.15) is 29.4 Å². The Balaban J connectivity index is 2.32. The first-order chi connectivity index (χ1) is 7.99. The van der Waals surface area contributed by atoms with Crippen LogP contribution in [0.4, 0.5) is 5.95 Å². The molecule has 2 heterocycles. The van der Waals surface area contributed by atoms with Crippen molar-refractivity contribution in [3.05, 3.63) is 17.5 Å². The maximum absolute atomic E-state index is 11.6. The number of hydrogen-bond acceptors (Lipinski definition) is 5. The molecule has 1 aliphatic rings. The van der Waals surface area contributed by atoms with E-state index in [4.69, 9.17) is 5.73 Å². The zero-order valence-corrected chi connectivity index (χ0v) is 9.80. The lowest BCUT2D eigenvalue weighted by Gasteiger charge is -2.14. The Hall–Kier alpha value is -1.82. The molecule has 6 nitrogen and oxygen atoms in total. The molecule has 6 heteroatoms. The number of Topliss-reactive ketones (excluding diaryl/α,β-unsaturated/α-hetero) is 1. The molecule has 1 amide bonds. The monoisotopic (exact) mass is 234 g/mol. The smallest absolute Gasteiger partial charge is 0.232 e. The van der Waals surface area contributed by atoms with E-state index in [0.29, 0.717) is 30.2 Å². The SMILES string of the molecule is CC(=O)c1cnc(N2CC(N)CC2=O)nc1C. The lowest BCUT2D eigenvalue weighted by Crippen LogP contribution is -2.29. The molecule has 1 unspecified atom stereocenters. The summed E-state index contributed by atoms with van der Waals surface area (Å²) in [5.41, 5.74) is 6.75. The molecule has 17 heavy (non-hydrogen) atoms. The minimum Gasteiger partial charge on any atom is -0.326 e. The highest BCUT2D eigenvalue weighted by Gasteiger charge is 2.30. The van der Waals surface area contributed by atoms with Crippen LogP contribution >= 0.6 is 0 Å². The molecule has 0 spiro atoms. The first-order valence-corrected chi connectivity index (χ1v) is 5.39. The van der Waals surface area contributed by atoms with Crippen molar-refractivity contribution in [1.29, 1.82) is 0 Å². The van der Waals surface area contributed by atoms with Crippen LogP contribution in [0.2, 0.25) is 0 Å². The highest BCUT2D eigenvalue weighted by molar-refractivity contribution is 5.96. The second kappa shape index (κ2) is 4.21. The molecule has 1 atom stereocenters. The number of nitrogens with two attached hydrogens (primary N) is 1. The molecular weight excluding hydrogens is 220 g/mol. The van der Waals surface area contributed by atoms with Gasteiger partial charge in [0.05, 0.1) is 11.3 Å². The molecule has 90 valence electrons. The second-order valence-electron chi connectivity index (χ2n) is 4.19. The van der Waals surface area contributed by atoms with E-state index in [9.17, 15) is 9.59 Å². The Labute approximate surface area is 98.8 Å². The summed E-state index contributed by atoms with van der Waals surface area (Å²) in [4.78, 5) is 32.5. The Kier molecular flexibility index (Phi) is 2.89. The summed E-state index contributed by atoms with van der Waals surface area (Å²) in [5, 5.41) is 0. The quantitative estimate of drug-likeness (QED) is 0.730. The molecule has 1 aromatic heterocycles. The largest absolute Gasteiger partial charge is 0.326 e. The number of rotatable bonds is 2. The summed E-state index contributed by atoms with van der Waals surface area (Å²) in [5.74, 6) is 0.163. The van der Waals surface area contributed by atoms with Gasteiger partial charge in [-0.05, 0) is 13.8 Å². The van der Waals surface area contributed by atoms with Crippen molar-refractivity contribution in [3.8, 4) is 0 Å². The van der Waals surface area contributed by atoms with Gasteiger partial charge in [-0.2, -0.15) is 0 Å². The van der Waals surface area contributed by atoms with Crippen molar-refractivity contribution in [2.24, 2.45) is 5.73 Å². The van der Waals surface area contributed by atoms with E-state index < -0.39 is 0 Å². The molecule has 0 aliphatic carbocycles. The van der Waals surface area contributed by atoms with E-state index in [2.05, 4.69) is 9.97 Å². The third-order valence-corrected chi connectivity index (χ3v) is 2.74. The summed E-state index contributed by atoms with van der Waals surface area (Å²) < 4.78 is 0. The number of carbonyl (C=O) groups is 2. The van der Waals surface area contributed by atoms with E-state index in [0.717, 1.165) is 0 Å². The summed E-state index contributed by atoms with van der Waals surface area (Å²) in [6.07, 6.45) is 1.77. The molecule has 0 saturated carbocycles. The average Bonchev–Trinajstić information content (AvgIpc) is 2.57. The number of aryl methyl sites for hydroxylation is 1. The summed E-state index contributed by atoms with van der Waals surface area (Å²) in [6, 6.07) is -0.168. The van der Waals surface area contributed by atoms with Gasteiger partial charge in [-0.25, -0.2) is 9.97 Å². The van der Waals surface area contributed by atoms with E-state index in [1.807, 2.05) is 0 Å². The number of ketones is 1. The topological polar surface area (TPSA) is 89.2 Å². The van der Waals surface area contributed by atoms with Gasteiger partial charge in [0.2, 0.25) is 11.9 Å². The van der Waals surface area contributed by atoms with Gasteiger partial charge in [0.25, 0.3) is 0 Å². The van der Waals surface area contributed by atoms with Crippen molar-refractivity contribution >= 4 is 17.6 Å². The van der Waals surface area contributed by atoms with Crippen molar-refractivity contribution in [3.63, 3.8) is 0 Å². The standard InChI is InChI=1S/C11H14N4O2/c1-6-9(7(2)16)4-13-11(14-6)15-5-8(12)3-10(15)17/h4,8H,3,5,12H2,1-2H3. The maximum Gasteiger partial charge on any atom is 0.232 e. The van der Waals surface area contributed by atoms with Crippen LogP contribution in [0.5, 0.6) is 0 Å². The van der Waals surface area contributed by atoms with Crippen LogP contribution < -0.4 is 10.6 Å². The Morgan fingerprint density at radius 2 is 2.29 bits per heavy atom. The van der Waals surface area contributed by atoms with Crippen LogP contribution in [0, 0.1) is 6.92 Å². The zero-order chi connectivity index (χ0) is 12.6. The van der Waals surface area contributed by atoms with Crippen molar-refractivity contribution in [2.45, 2.75) is 26.3 Å². The fraction of sp³-hybridized carbons (Fsp3) is 0.455. The number of anilines is 1. The summed E-state index contributed by atoms with van der Waals surface area (Å²) in [6.45, 7) is 3.61. The number of hydrogen-bond donors (Lipinski definition) is 1. The Morgan fingerprint density at radius 3 is 2.76 bits per heavy atom. The molecule has 2 N–H and O–H groups in total. The summed E-state index contributed by atoms with van der Waals surface area (Å²) >= 11 is 0. The average molecular weight is 234 g/mol. The van der Waals surface area contributed by atoms with Crippen molar-refractivity contribution in [1.82, 2.24) is 9.97 Å². The molecule has 0 radical (unpaired) electrons. The second-order valence-corrected chi connectivity index (χ2v) is 4.19. The Bertz CT molecular complexity index is 486. The fourth-order valence-corrected chi connectivity index (χ4v) is 1.86. The van der Waals surface area contributed by atoms with Crippen LogP contribution in [-0.4, -0.2) is 34.2 Å². The predicted octanol–water partition coefficient (Wildman–Crippen LogP) is 0.0516. The van der Waals surface area contributed by atoms with Gasteiger partial charge < -0.3 is 5.73 Å². The van der Waals surface area contributed by atoms with Crippen LogP contribution in [0.25, 0.3) is 0 Å². The molecule has 2 rings (SSSR count). The van der Waals surface area contributed by atoms with Gasteiger partial charge in [0.15, 0.2) is 5.78 Å². The normalized spacial score (nSPS) is 19.8. The molecular formula is C11H14N4O2. The Morgan fingerprint density at radius 1 is 1.59 bits per heavy atom. The first-order valence-electron chi connectivity index (χ1n) is 5.39. The van der Waals surface area contributed by atoms with Crippen molar-refractivity contribution < 1.29 is 9.59 Å². The lowest BCUT2D eigenvalue weighted by atomic mass is 10.2. The van der Waals surface area contributed by atoms with E-state index in [-0.39, 0.29) is 17.7 Å². The van der Waals surface area contributed by atoms with Gasteiger partial charge in [-0.3, -0.25) is 14.5 Å². The van der Waals surface area contributed by atoms with Gasteiger partial charge in [0, 0.05) is 25.2 Å². The third-order valence-electron chi connectivity index (χ3n) is 2.74. The number of aromatic nitrogens is 2. The van der Waals surface area contributed by atoms with Gasteiger partial charge in [-0.15, -0.1) is 0 Å². The molecule has 1 fully saturated rings. The van der Waals surface area contributed by atoms with E-state index in [1.54, 1.807) is 6.92 Å². The summed E-state index contributed by atoms with van der Waals surface area (Å²) in [7, 11) is 0. The molecule has 1 aliphatic heterocycles. The molecule has 0 aromatic carbocycles. The zero-order valence-electron chi connectivity index (χ0n) is 9.80. The van der Waals surface area contributed by atoms with E-state index in [1.165, 1.54) is 18.0 Å². The minimum absolute atomic E-state index is 0.0764.